The third-order valence-electron chi connectivity index (χ3n) is 3.37. The van der Waals surface area contributed by atoms with E-state index in [1.165, 1.54) is 0 Å². The van der Waals surface area contributed by atoms with Gasteiger partial charge < -0.3 is 0 Å². The number of sulfone groups is 1. The van der Waals surface area contributed by atoms with Gasteiger partial charge in [0.1, 0.15) is 0 Å². The first-order valence-electron chi connectivity index (χ1n) is 5.52. The van der Waals surface area contributed by atoms with Crippen LogP contribution in [0.3, 0.4) is 0 Å². The Kier molecular flexibility index (Phi) is 4.00. The zero-order valence-corrected chi connectivity index (χ0v) is 13.3. The smallest absolute Gasteiger partial charge is 0.178 e. The molecule has 1 aliphatic rings. The molecule has 1 aromatic carbocycles. The molecule has 0 N–H and O–H groups in total. The van der Waals surface area contributed by atoms with Gasteiger partial charge in [-0.1, -0.05) is 38.3 Å². The van der Waals surface area contributed by atoms with E-state index < -0.39 is 9.84 Å². The summed E-state index contributed by atoms with van der Waals surface area (Å²) in [7, 11) is -3.16. The van der Waals surface area contributed by atoms with E-state index in [2.05, 4.69) is 31.9 Å². The highest BCUT2D eigenvalue weighted by Crippen LogP contribution is 2.44. The van der Waals surface area contributed by atoms with Crippen molar-refractivity contribution in [1.82, 2.24) is 0 Å². The predicted octanol–water partition coefficient (Wildman–Crippen LogP) is 3.79. The standard InChI is InChI=1S/C12H14Br2O2S/c13-8-12(6-1-7-12)9-17(15,16)11-4-2-10(14)3-5-11/h2-5H,1,6-9H2. The van der Waals surface area contributed by atoms with Crippen LogP contribution in [0.15, 0.2) is 33.6 Å². The first-order valence-corrected chi connectivity index (χ1v) is 9.08. The van der Waals surface area contributed by atoms with E-state index in [0.717, 1.165) is 29.1 Å². The zero-order chi connectivity index (χ0) is 12.5. The summed E-state index contributed by atoms with van der Waals surface area (Å²) in [6.45, 7) is 0. The molecule has 5 heteroatoms. The van der Waals surface area contributed by atoms with Crippen LogP contribution in [-0.4, -0.2) is 19.5 Å². The molecule has 2 nitrogen and oxygen atoms in total. The third kappa shape index (κ3) is 2.93. The van der Waals surface area contributed by atoms with Crippen molar-refractivity contribution in [1.29, 1.82) is 0 Å². The second-order valence-corrected chi connectivity index (χ2v) is 8.17. The quantitative estimate of drug-likeness (QED) is 0.743. The Morgan fingerprint density at radius 1 is 1.18 bits per heavy atom. The molecule has 0 atom stereocenters. The SMILES string of the molecule is O=S(=O)(CC1(CBr)CCC1)c1ccc(Br)cc1. The van der Waals surface area contributed by atoms with Crippen LogP contribution in [0, 0.1) is 5.41 Å². The van der Waals surface area contributed by atoms with Gasteiger partial charge in [-0.15, -0.1) is 0 Å². The Morgan fingerprint density at radius 2 is 1.76 bits per heavy atom. The van der Waals surface area contributed by atoms with E-state index in [1.807, 2.05) is 0 Å². The minimum Gasteiger partial charge on any atom is -0.224 e. The minimum atomic E-state index is -3.16. The van der Waals surface area contributed by atoms with Gasteiger partial charge in [0.15, 0.2) is 9.84 Å². The molecule has 0 spiro atoms. The lowest BCUT2D eigenvalue weighted by atomic mass is 9.72. The number of alkyl halides is 1. The topological polar surface area (TPSA) is 34.1 Å². The summed E-state index contributed by atoms with van der Waals surface area (Å²) in [6.07, 6.45) is 3.16. The van der Waals surface area contributed by atoms with Gasteiger partial charge in [-0.05, 0) is 42.5 Å². The number of rotatable bonds is 4. The Hall–Kier alpha value is 0.130. The van der Waals surface area contributed by atoms with Crippen molar-refractivity contribution in [2.75, 3.05) is 11.1 Å². The molecule has 0 heterocycles. The highest BCUT2D eigenvalue weighted by Gasteiger charge is 2.40. The average molecular weight is 382 g/mol. The van der Waals surface area contributed by atoms with Crippen LogP contribution in [0.1, 0.15) is 19.3 Å². The van der Waals surface area contributed by atoms with Crippen LogP contribution in [0.4, 0.5) is 0 Å². The summed E-state index contributed by atoms with van der Waals surface area (Å²) < 4.78 is 25.4. The third-order valence-corrected chi connectivity index (χ3v) is 7.07. The molecule has 0 unspecified atom stereocenters. The maximum Gasteiger partial charge on any atom is 0.178 e. The van der Waals surface area contributed by atoms with Crippen molar-refractivity contribution in [3.8, 4) is 0 Å². The molecule has 0 amide bonds. The molecule has 94 valence electrons. The van der Waals surface area contributed by atoms with Gasteiger partial charge in [0.25, 0.3) is 0 Å². The first-order chi connectivity index (χ1) is 7.97. The van der Waals surface area contributed by atoms with E-state index in [4.69, 9.17) is 0 Å². The Morgan fingerprint density at radius 3 is 2.18 bits per heavy atom. The van der Waals surface area contributed by atoms with E-state index >= 15 is 0 Å². The van der Waals surface area contributed by atoms with E-state index in [9.17, 15) is 8.42 Å². The molecule has 1 aliphatic carbocycles. The van der Waals surface area contributed by atoms with Crippen molar-refractivity contribution in [3.05, 3.63) is 28.7 Å². The highest BCUT2D eigenvalue weighted by molar-refractivity contribution is 9.10. The molecule has 0 aromatic heterocycles. The fourth-order valence-electron chi connectivity index (χ4n) is 2.12. The van der Waals surface area contributed by atoms with Gasteiger partial charge in [-0.2, -0.15) is 0 Å². The summed E-state index contributed by atoms with van der Waals surface area (Å²) in [5, 5.41) is 0.774. The van der Waals surface area contributed by atoms with Gasteiger partial charge in [-0.25, -0.2) is 8.42 Å². The molecule has 1 saturated carbocycles. The minimum absolute atomic E-state index is 0.0358. The molecular formula is C12H14Br2O2S. The lowest BCUT2D eigenvalue weighted by Gasteiger charge is -2.40. The largest absolute Gasteiger partial charge is 0.224 e. The second kappa shape index (κ2) is 5.02. The van der Waals surface area contributed by atoms with Crippen molar-refractivity contribution in [3.63, 3.8) is 0 Å². The average Bonchev–Trinajstić information content (AvgIpc) is 2.24. The first kappa shape index (κ1) is 13.6. The molecule has 1 aromatic rings. The van der Waals surface area contributed by atoms with Crippen LogP contribution in [0.25, 0.3) is 0 Å². The number of benzene rings is 1. The molecule has 0 aliphatic heterocycles. The molecule has 2 rings (SSSR count). The number of halogens is 2. The number of hydrogen-bond donors (Lipinski definition) is 0. The van der Waals surface area contributed by atoms with Crippen LogP contribution in [-0.2, 0) is 9.84 Å². The van der Waals surface area contributed by atoms with Gasteiger partial charge in [0.2, 0.25) is 0 Å². The fourth-order valence-corrected chi connectivity index (χ4v) is 5.32. The van der Waals surface area contributed by atoms with E-state index in [1.54, 1.807) is 24.3 Å². The number of hydrogen-bond acceptors (Lipinski definition) is 2. The monoisotopic (exact) mass is 380 g/mol. The summed E-state index contributed by atoms with van der Waals surface area (Å²) in [6, 6.07) is 6.88. The van der Waals surface area contributed by atoms with Crippen LogP contribution >= 0.6 is 31.9 Å². The molecule has 0 saturated heterocycles. The summed E-state index contributed by atoms with van der Waals surface area (Å²) in [4.78, 5) is 0.424. The van der Waals surface area contributed by atoms with Crippen molar-refractivity contribution < 1.29 is 8.42 Å². The fraction of sp³-hybridized carbons (Fsp3) is 0.500. The highest BCUT2D eigenvalue weighted by atomic mass is 79.9. The maximum atomic E-state index is 12.3. The van der Waals surface area contributed by atoms with Crippen molar-refractivity contribution >= 4 is 41.7 Å². The summed E-state index contributed by atoms with van der Waals surface area (Å²) in [5.74, 6) is 0.257. The predicted molar refractivity (Wildman–Crippen MR) is 76.3 cm³/mol. The van der Waals surface area contributed by atoms with Gasteiger partial charge >= 0.3 is 0 Å². The van der Waals surface area contributed by atoms with E-state index in [-0.39, 0.29) is 11.2 Å². The Balaban J connectivity index is 2.22. The summed E-state index contributed by atoms with van der Waals surface area (Å²) in [5.41, 5.74) is -0.0358. The van der Waals surface area contributed by atoms with Crippen LogP contribution < -0.4 is 0 Å². The molecule has 0 radical (unpaired) electrons. The van der Waals surface area contributed by atoms with Crippen molar-refractivity contribution in [2.45, 2.75) is 24.2 Å². The molecule has 0 bridgehead atoms. The normalized spacial score (nSPS) is 18.7. The Bertz CT molecular complexity index is 484. The van der Waals surface area contributed by atoms with Gasteiger partial charge in [0.05, 0.1) is 10.6 Å². The summed E-state index contributed by atoms with van der Waals surface area (Å²) >= 11 is 6.76. The second-order valence-electron chi connectivity index (χ2n) is 4.70. The zero-order valence-electron chi connectivity index (χ0n) is 9.33. The molecule has 17 heavy (non-hydrogen) atoms. The van der Waals surface area contributed by atoms with Gasteiger partial charge in [0, 0.05) is 9.80 Å². The van der Waals surface area contributed by atoms with Crippen LogP contribution in [0.5, 0.6) is 0 Å². The lowest BCUT2D eigenvalue weighted by molar-refractivity contribution is 0.203. The molecule has 1 fully saturated rings. The van der Waals surface area contributed by atoms with Crippen LogP contribution in [0.2, 0.25) is 0 Å². The van der Waals surface area contributed by atoms with E-state index in [0.29, 0.717) is 4.90 Å². The maximum absolute atomic E-state index is 12.3. The molecular weight excluding hydrogens is 368 g/mol. The lowest BCUT2D eigenvalue weighted by Crippen LogP contribution is -2.38. The van der Waals surface area contributed by atoms with Gasteiger partial charge in [-0.3, -0.25) is 0 Å². The Labute approximate surface area is 119 Å². The van der Waals surface area contributed by atoms with Crippen molar-refractivity contribution in [2.24, 2.45) is 5.41 Å².